The third-order valence-corrected chi connectivity index (χ3v) is 3.01. The van der Waals surface area contributed by atoms with E-state index in [4.69, 9.17) is 4.74 Å². The van der Waals surface area contributed by atoms with Crippen LogP contribution >= 0.6 is 0 Å². The monoisotopic (exact) mass is 271 g/mol. The third kappa shape index (κ3) is 6.61. The Labute approximate surface area is 109 Å². The number of hydrogen-bond acceptors (Lipinski definition) is 3. The molecule has 0 fully saturated rings. The fourth-order valence-corrected chi connectivity index (χ4v) is 1.87. The number of hydrogen-bond donors (Lipinski definition) is 1. The molecule has 1 aromatic rings. The first-order valence-electron chi connectivity index (χ1n) is 6.03. The lowest BCUT2D eigenvalue weighted by molar-refractivity contribution is 0.271. The summed E-state index contributed by atoms with van der Waals surface area (Å²) in [6, 6.07) is 7.75. The summed E-state index contributed by atoms with van der Waals surface area (Å²) in [5.74, 6) is 1.35. The van der Waals surface area contributed by atoms with E-state index in [-0.39, 0.29) is 0 Å². The first-order chi connectivity index (χ1) is 8.37. The zero-order valence-corrected chi connectivity index (χ0v) is 12.0. The molecule has 1 N–H and O–H groups in total. The van der Waals surface area contributed by atoms with E-state index >= 15 is 0 Å². The maximum atomic E-state index is 10.9. The number of ether oxygens (including phenoxy) is 1. The van der Waals surface area contributed by atoms with Crippen molar-refractivity contribution in [3.63, 3.8) is 0 Å². The van der Waals surface area contributed by atoms with E-state index in [9.17, 15) is 8.42 Å². The van der Waals surface area contributed by atoms with Gasteiger partial charge in [0.25, 0.3) is 0 Å². The molecule has 4 nitrogen and oxygen atoms in total. The average Bonchev–Trinajstić information content (AvgIpc) is 2.26. The summed E-state index contributed by atoms with van der Waals surface area (Å²) >= 11 is 0. The molecule has 0 unspecified atom stereocenters. The van der Waals surface area contributed by atoms with Crippen LogP contribution in [-0.4, -0.2) is 27.8 Å². The molecule has 0 saturated carbocycles. The lowest BCUT2D eigenvalue weighted by Crippen LogP contribution is -2.24. The highest BCUT2D eigenvalue weighted by Gasteiger charge is 2.01. The van der Waals surface area contributed by atoms with Gasteiger partial charge in [0.2, 0.25) is 10.0 Å². The quantitative estimate of drug-likeness (QED) is 0.823. The summed E-state index contributed by atoms with van der Waals surface area (Å²) in [7, 11) is -3.10. The minimum atomic E-state index is -3.10. The minimum Gasteiger partial charge on any atom is -0.493 e. The van der Waals surface area contributed by atoms with Gasteiger partial charge in [-0.3, -0.25) is 0 Å². The molecule has 0 radical (unpaired) electrons. The highest BCUT2D eigenvalue weighted by Crippen LogP contribution is 2.13. The molecule has 0 aliphatic carbocycles. The second-order valence-electron chi connectivity index (χ2n) is 4.77. The van der Waals surface area contributed by atoms with Crippen LogP contribution in [0.4, 0.5) is 0 Å². The highest BCUT2D eigenvalue weighted by atomic mass is 32.2. The Hall–Kier alpha value is -1.07. The molecule has 1 rings (SSSR count). The molecular weight excluding hydrogens is 250 g/mol. The smallest absolute Gasteiger partial charge is 0.208 e. The van der Waals surface area contributed by atoms with Gasteiger partial charge in [0.1, 0.15) is 5.75 Å². The van der Waals surface area contributed by atoms with Crippen molar-refractivity contribution in [2.24, 2.45) is 5.92 Å². The van der Waals surface area contributed by atoms with Gasteiger partial charge >= 0.3 is 0 Å². The van der Waals surface area contributed by atoms with E-state index in [1.54, 1.807) is 0 Å². The molecule has 5 heteroatoms. The van der Waals surface area contributed by atoms with Crippen molar-refractivity contribution >= 4 is 10.0 Å². The summed E-state index contributed by atoms with van der Waals surface area (Å²) in [4.78, 5) is 0. The minimum absolute atomic E-state index is 0.422. The van der Waals surface area contributed by atoms with Gasteiger partial charge in [-0.2, -0.15) is 0 Å². The van der Waals surface area contributed by atoms with Gasteiger partial charge in [-0.25, -0.2) is 13.1 Å². The van der Waals surface area contributed by atoms with Crippen molar-refractivity contribution in [3.8, 4) is 5.75 Å². The van der Waals surface area contributed by atoms with Crippen molar-refractivity contribution in [1.82, 2.24) is 4.72 Å². The van der Waals surface area contributed by atoms with Gasteiger partial charge < -0.3 is 4.74 Å². The fourth-order valence-electron chi connectivity index (χ4n) is 1.40. The van der Waals surface area contributed by atoms with Crippen molar-refractivity contribution in [2.45, 2.75) is 20.3 Å². The van der Waals surface area contributed by atoms with Gasteiger partial charge in [-0.15, -0.1) is 0 Å². The van der Waals surface area contributed by atoms with Crippen molar-refractivity contribution in [1.29, 1.82) is 0 Å². The van der Waals surface area contributed by atoms with Crippen molar-refractivity contribution in [2.75, 3.05) is 19.4 Å². The topological polar surface area (TPSA) is 55.4 Å². The van der Waals surface area contributed by atoms with E-state index in [1.807, 2.05) is 24.3 Å². The molecule has 0 amide bonds. The molecule has 0 saturated heterocycles. The Bertz CT molecular complexity index is 452. The highest BCUT2D eigenvalue weighted by molar-refractivity contribution is 7.88. The van der Waals surface area contributed by atoms with Crippen molar-refractivity contribution < 1.29 is 13.2 Å². The second-order valence-corrected chi connectivity index (χ2v) is 6.60. The van der Waals surface area contributed by atoms with E-state index in [0.29, 0.717) is 25.5 Å². The summed E-state index contributed by atoms with van der Waals surface area (Å²) in [6.45, 7) is 5.33. The van der Waals surface area contributed by atoms with Crippen LogP contribution in [-0.2, 0) is 16.4 Å². The molecule has 102 valence electrons. The molecular formula is C13H21NO3S. The number of benzene rings is 1. The van der Waals surface area contributed by atoms with Crippen LogP contribution in [0.15, 0.2) is 24.3 Å². The molecule has 0 aromatic heterocycles. The standard InChI is InChI=1S/C13H21NO3S/c1-11(2)10-17-13-6-4-12(5-7-13)8-9-14-18(3,15)16/h4-7,11,14H,8-10H2,1-3H3. The maximum Gasteiger partial charge on any atom is 0.208 e. The number of nitrogens with one attached hydrogen (secondary N) is 1. The van der Waals surface area contributed by atoms with Crippen LogP contribution in [0.3, 0.4) is 0 Å². The van der Waals surface area contributed by atoms with Crippen LogP contribution in [0.25, 0.3) is 0 Å². The van der Waals surface area contributed by atoms with E-state index in [2.05, 4.69) is 18.6 Å². The van der Waals surface area contributed by atoms with Crippen LogP contribution in [0.2, 0.25) is 0 Å². The summed E-state index contributed by atoms with van der Waals surface area (Å²) in [5, 5.41) is 0. The van der Waals surface area contributed by atoms with Crippen LogP contribution < -0.4 is 9.46 Å². The van der Waals surface area contributed by atoms with E-state index in [1.165, 1.54) is 0 Å². The zero-order valence-electron chi connectivity index (χ0n) is 11.1. The largest absolute Gasteiger partial charge is 0.493 e. The average molecular weight is 271 g/mol. The molecule has 0 heterocycles. The van der Waals surface area contributed by atoms with E-state index in [0.717, 1.165) is 17.6 Å². The molecule has 0 atom stereocenters. The van der Waals surface area contributed by atoms with Crippen LogP contribution in [0.1, 0.15) is 19.4 Å². The Morgan fingerprint density at radius 2 is 1.83 bits per heavy atom. The molecule has 18 heavy (non-hydrogen) atoms. The summed E-state index contributed by atoms with van der Waals surface area (Å²) < 4.78 is 29.8. The van der Waals surface area contributed by atoms with Gasteiger partial charge in [0.15, 0.2) is 0 Å². The first-order valence-corrected chi connectivity index (χ1v) is 7.92. The molecule has 1 aromatic carbocycles. The third-order valence-electron chi connectivity index (χ3n) is 2.28. The number of sulfonamides is 1. The number of rotatable bonds is 7. The lowest BCUT2D eigenvalue weighted by atomic mass is 10.1. The van der Waals surface area contributed by atoms with Gasteiger partial charge in [-0.05, 0) is 30.0 Å². The van der Waals surface area contributed by atoms with Crippen LogP contribution in [0, 0.1) is 5.92 Å². The predicted octanol–water partition coefficient (Wildman–Crippen LogP) is 1.81. The van der Waals surface area contributed by atoms with Gasteiger partial charge in [0.05, 0.1) is 12.9 Å². The maximum absolute atomic E-state index is 10.9. The van der Waals surface area contributed by atoms with E-state index < -0.39 is 10.0 Å². The van der Waals surface area contributed by atoms with Gasteiger partial charge in [-0.1, -0.05) is 26.0 Å². The Balaban J connectivity index is 2.40. The second kappa shape index (κ2) is 6.75. The Kier molecular flexibility index (Phi) is 5.62. The normalized spacial score (nSPS) is 11.8. The van der Waals surface area contributed by atoms with Crippen molar-refractivity contribution in [3.05, 3.63) is 29.8 Å². The van der Waals surface area contributed by atoms with Crippen LogP contribution in [0.5, 0.6) is 5.75 Å². The molecule has 0 aliphatic heterocycles. The first kappa shape index (κ1) is 15.0. The summed E-state index contributed by atoms with van der Waals surface area (Å²) in [5.41, 5.74) is 1.09. The summed E-state index contributed by atoms with van der Waals surface area (Å²) in [6.07, 6.45) is 1.84. The lowest BCUT2D eigenvalue weighted by Gasteiger charge is -2.09. The SMILES string of the molecule is CC(C)COc1ccc(CCNS(C)(=O)=O)cc1. The molecule has 0 aliphatic rings. The fraction of sp³-hybridized carbons (Fsp3) is 0.538. The Morgan fingerprint density at radius 3 is 2.33 bits per heavy atom. The zero-order chi connectivity index (χ0) is 13.6. The van der Waals surface area contributed by atoms with Gasteiger partial charge in [0, 0.05) is 6.54 Å². The predicted molar refractivity (Wildman–Crippen MR) is 73.3 cm³/mol. The molecule has 0 spiro atoms. The molecule has 0 bridgehead atoms. The Morgan fingerprint density at radius 1 is 1.22 bits per heavy atom.